The van der Waals surface area contributed by atoms with Gasteiger partial charge in [0.25, 0.3) is 0 Å². The smallest absolute Gasteiger partial charge is 0.131 e. The van der Waals surface area contributed by atoms with Crippen molar-refractivity contribution in [1.29, 1.82) is 0 Å². The molecule has 0 amide bonds. The SMILES string of the molecule is CCOC1(C(NN)c2ccc(F)cc2F)CCC(C)CC1. The highest BCUT2D eigenvalue weighted by atomic mass is 19.1. The Morgan fingerprint density at radius 3 is 2.57 bits per heavy atom. The van der Waals surface area contributed by atoms with Crippen LogP contribution in [0.25, 0.3) is 0 Å². The van der Waals surface area contributed by atoms with E-state index in [2.05, 4.69) is 12.3 Å². The molecule has 1 aromatic rings. The standard InChI is InChI=1S/C16H24F2N2O/c1-3-21-16(8-6-11(2)7-9-16)15(20-19)13-5-4-12(17)10-14(13)18/h4-5,10-11,15,20H,3,6-9,19H2,1-2H3. The maximum Gasteiger partial charge on any atom is 0.131 e. The van der Waals surface area contributed by atoms with Crippen molar-refractivity contribution in [2.45, 2.75) is 51.2 Å². The highest BCUT2D eigenvalue weighted by molar-refractivity contribution is 5.25. The summed E-state index contributed by atoms with van der Waals surface area (Å²) in [6.07, 6.45) is 3.66. The lowest BCUT2D eigenvalue weighted by molar-refractivity contribution is -0.0983. The molecule has 1 aromatic carbocycles. The maximum absolute atomic E-state index is 14.1. The molecule has 1 fully saturated rings. The van der Waals surface area contributed by atoms with Gasteiger partial charge in [-0.25, -0.2) is 14.2 Å². The van der Waals surface area contributed by atoms with E-state index in [-0.39, 0.29) is 0 Å². The van der Waals surface area contributed by atoms with Crippen LogP contribution in [0.1, 0.15) is 51.1 Å². The third-order valence-corrected chi connectivity index (χ3v) is 4.52. The van der Waals surface area contributed by atoms with E-state index in [9.17, 15) is 8.78 Å². The largest absolute Gasteiger partial charge is 0.373 e. The summed E-state index contributed by atoms with van der Waals surface area (Å²) in [6.45, 7) is 4.67. The minimum Gasteiger partial charge on any atom is -0.373 e. The minimum absolute atomic E-state index is 0.363. The Kier molecular flexibility index (Phi) is 5.30. The van der Waals surface area contributed by atoms with Gasteiger partial charge in [-0.05, 0) is 44.6 Å². The van der Waals surface area contributed by atoms with E-state index in [1.807, 2.05) is 6.92 Å². The number of nitrogens with two attached hydrogens (primary N) is 1. The normalized spacial score (nSPS) is 27.6. The fourth-order valence-corrected chi connectivity index (χ4v) is 3.32. The predicted octanol–water partition coefficient (Wildman–Crippen LogP) is 3.45. The molecule has 0 heterocycles. The Morgan fingerprint density at radius 1 is 1.38 bits per heavy atom. The first-order valence-electron chi connectivity index (χ1n) is 7.57. The van der Waals surface area contributed by atoms with Crippen LogP contribution in [0, 0.1) is 17.6 Å². The van der Waals surface area contributed by atoms with Crippen molar-refractivity contribution in [2.75, 3.05) is 6.61 Å². The first-order valence-corrected chi connectivity index (χ1v) is 7.57. The first kappa shape index (κ1) is 16.3. The van der Waals surface area contributed by atoms with E-state index < -0.39 is 23.3 Å². The number of benzene rings is 1. The first-order chi connectivity index (χ1) is 10.0. The van der Waals surface area contributed by atoms with Crippen molar-refractivity contribution in [2.24, 2.45) is 11.8 Å². The van der Waals surface area contributed by atoms with E-state index in [0.29, 0.717) is 18.1 Å². The van der Waals surface area contributed by atoms with Crippen LogP contribution in [0.15, 0.2) is 18.2 Å². The van der Waals surface area contributed by atoms with Crippen LogP contribution >= 0.6 is 0 Å². The van der Waals surface area contributed by atoms with Crippen LogP contribution in [0.3, 0.4) is 0 Å². The Bertz CT molecular complexity index is 473. The molecule has 118 valence electrons. The Balaban J connectivity index is 2.35. The summed E-state index contributed by atoms with van der Waals surface area (Å²) in [5.41, 5.74) is 2.53. The summed E-state index contributed by atoms with van der Waals surface area (Å²) in [4.78, 5) is 0. The van der Waals surface area contributed by atoms with Gasteiger partial charge in [0.15, 0.2) is 0 Å². The van der Waals surface area contributed by atoms with Gasteiger partial charge in [-0.3, -0.25) is 5.84 Å². The van der Waals surface area contributed by atoms with Gasteiger partial charge in [0, 0.05) is 18.2 Å². The van der Waals surface area contributed by atoms with Crippen molar-refractivity contribution < 1.29 is 13.5 Å². The second-order valence-electron chi connectivity index (χ2n) is 5.95. The van der Waals surface area contributed by atoms with Gasteiger partial charge in [-0.1, -0.05) is 13.0 Å². The van der Waals surface area contributed by atoms with Crippen LogP contribution in [0.5, 0.6) is 0 Å². The Labute approximate surface area is 124 Å². The molecule has 3 nitrogen and oxygen atoms in total. The summed E-state index contributed by atoms with van der Waals surface area (Å²) < 4.78 is 33.3. The lowest BCUT2D eigenvalue weighted by Crippen LogP contribution is -2.50. The summed E-state index contributed by atoms with van der Waals surface area (Å²) >= 11 is 0. The number of halogens is 2. The molecule has 2 rings (SSSR count). The van der Waals surface area contributed by atoms with Gasteiger partial charge < -0.3 is 4.74 Å². The molecule has 0 aliphatic heterocycles. The molecule has 0 radical (unpaired) electrons. The molecule has 0 aromatic heterocycles. The topological polar surface area (TPSA) is 47.3 Å². The number of hydrogen-bond donors (Lipinski definition) is 2. The Morgan fingerprint density at radius 2 is 2.05 bits per heavy atom. The van der Waals surface area contributed by atoms with Crippen molar-refractivity contribution in [3.05, 3.63) is 35.4 Å². The lowest BCUT2D eigenvalue weighted by atomic mass is 9.73. The van der Waals surface area contributed by atoms with Gasteiger partial charge in [-0.15, -0.1) is 0 Å². The van der Waals surface area contributed by atoms with Crippen molar-refractivity contribution in [3.63, 3.8) is 0 Å². The zero-order valence-corrected chi connectivity index (χ0v) is 12.7. The van der Waals surface area contributed by atoms with Gasteiger partial charge in [-0.2, -0.15) is 0 Å². The van der Waals surface area contributed by atoms with Crippen molar-refractivity contribution >= 4 is 0 Å². The fraction of sp³-hybridized carbons (Fsp3) is 0.625. The van der Waals surface area contributed by atoms with Crippen molar-refractivity contribution in [3.8, 4) is 0 Å². The molecule has 1 saturated carbocycles. The van der Waals surface area contributed by atoms with Crippen molar-refractivity contribution in [1.82, 2.24) is 5.43 Å². The highest BCUT2D eigenvalue weighted by Gasteiger charge is 2.43. The fourth-order valence-electron chi connectivity index (χ4n) is 3.32. The summed E-state index contributed by atoms with van der Waals surface area (Å²) in [6, 6.07) is 3.12. The van der Waals surface area contributed by atoms with Crippen LogP contribution in [0.2, 0.25) is 0 Å². The zero-order valence-electron chi connectivity index (χ0n) is 12.7. The van der Waals surface area contributed by atoms with E-state index in [4.69, 9.17) is 10.6 Å². The predicted molar refractivity (Wildman–Crippen MR) is 78.4 cm³/mol. The third-order valence-electron chi connectivity index (χ3n) is 4.52. The third kappa shape index (κ3) is 3.42. The number of nitrogens with one attached hydrogen (secondary N) is 1. The minimum atomic E-state index is -0.588. The second-order valence-corrected chi connectivity index (χ2v) is 5.95. The van der Waals surface area contributed by atoms with Gasteiger partial charge >= 0.3 is 0 Å². The van der Waals surface area contributed by atoms with E-state index in [1.165, 1.54) is 12.1 Å². The lowest BCUT2D eigenvalue weighted by Gasteiger charge is -2.44. The number of ether oxygens (including phenoxy) is 1. The van der Waals surface area contributed by atoms with Crippen LogP contribution < -0.4 is 11.3 Å². The molecule has 3 N–H and O–H groups in total. The molecular weight excluding hydrogens is 274 g/mol. The molecule has 0 saturated heterocycles. The number of hydrogen-bond acceptors (Lipinski definition) is 3. The summed E-state index contributed by atoms with van der Waals surface area (Å²) in [7, 11) is 0. The van der Waals surface area contributed by atoms with Gasteiger partial charge in [0.2, 0.25) is 0 Å². The van der Waals surface area contributed by atoms with E-state index >= 15 is 0 Å². The van der Waals surface area contributed by atoms with Crippen LogP contribution in [-0.2, 0) is 4.74 Å². The molecule has 0 bridgehead atoms. The second kappa shape index (κ2) is 6.81. The van der Waals surface area contributed by atoms with Gasteiger partial charge in [0.05, 0.1) is 11.6 Å². The average molecular weight is 298 g/mol. The molecular formula is C16H24F2N2O. The Hall–Kier alpha value is -1.04. The maximum atomic E-state index is 14.1. The molecule has 1 aliphatic carbocycles. The molecule has 0 spiro atoms. The quantitative estimate of drug-likeness (QED) is 0.646. The highest BCUT2D eigenvalue weighted by Crippen LogP contribution is 2.43. The number of rotatable bonds is 5. The summed E-state index contributed by atoms with van der Waals surface area (Å²) in [5.74, 6) is 5.16. The van der Waals surface area contributed by atoms with Crippen LogP contribution in [0.4, 0.5) is 8.78 Å². The number of hydrazine groups is 1. The molecule has 21 heavy (non-hydrogen) atoms. The van der Waals surface area contributed by atoms with Gasteiger partial charge in [0.1, 0.15) is 11.6 Å². The molecule has 5 heteroatoms. The van der Waals surface area contributed by atoms with Crippen LogP contribution in [-0.4, -0.2) is 12.2 Å². The monoisotopic (exact) mass is 298 g/mol. The average Bonchev–Trinajstić information content (AvgIpc) is 2.45. The van der Waals surface area contributed by atoms with E-state index in [0.717, 1.165) is 31.7 Å². The molecule has 1 unspecified atom stereocenters. The van der Waals surface area contributed by atoms with E-state index in [1.54, 1.807) is 0 Å². The molecule has 1 aliphatic rings. The molecule has 1 atom stereocenters. The summed E-state index contributed by atoms with van der Waals surface area (Å²) in [5, 5.41) is 0. The zero-order chi connectivity index (χ0) is 15.5.